The molecule has 18 heavy (non-hydrogen) atoms. The highest BCUT2D eigenvalue weighted by molar-refractivity contribution is 7.98. The molecule has 0 aliphatic heterocycles. The van der Waals surface area contributed by atoms with Gasteiger partial charge in [0.1, 0.15) is 18.0 Å². The van der Waals surface area contributed by atoms with Crippen molar-refractivity contribution >= 4 is 23.4 Å². The molecule has 0 aromatic carbocycles. The van der Waals surface area contributed by atoms with E-state index in [1.807, 2.05) is 11.8 Å². The molecule has 0 amide bonds. The summed E-state index contributed by atoms with van der Waals surface area (Å²) in [6, 6.07) is 0. The Labute approximate surface area is 114 Å². The molecule has 1 heterocycles. The van der Waals surface area contributed by atoms with E-state index in [4.69, 9.17) is 0 Å². The number of nitrogens with one attached hydrogen (secondary N) is 2. The van der Waals surface area contributed by atoms with Crippen molar-refractivity contribution in [1.29, 1.82) is 0 Å². The molecule has 0 atom stereocenters. The van der Waals surface area contributed by atoms with Crippen molar-refractivity contribution in [3.8, 4) is 0 Å². The fraction of sp³-hybridized carbons (Fsp3) is 0.692. The van der Waals surface area contributed by atoms with Gasteiger partial charge in [-0.1, -0.05) is 6.92 Å². The Balaban J connectivity index is 2.44. The molecule has 0 bridgehead atoms. The van der Waals surface area contributed by atoms with E-state index in [-0.39, 0.29) is 0 Å². The lowest BCUT2D eigenvalue weighted by molar-refractivity contribution is 0.837. The lowest BCUT2D eigenvalue weighted by atomic mass is 10.3. The average Bonchev–Trinajstić information content (AvgIpc) is 2.39. The molecule has 0 saturated carbocycles. The van der Waals surface area contributed by atoms with E-state index in [1.165, 1.54) is 18.6 Å². The summed E-state index contributed by atoms with van der Waals surface area (Å²) in [5.41, 5.74) is 1.11. The lowest BCUT2D eigenvalue weighted by Crippen LogP contribution is -2.09. The third-order valence-electron chi connectivity index (χ3n) is 2.69. The fourth-order valence-corrected chi connectivity index (χ4v) is 2.12. The minimum Gasteiger partial charge on any atom is -0.370 e. The van der Waals surface area contributed by atoms with Gasteiger partial charge in [0.15, 0.2) is 0 Å². The third-order valence-corrected chi connectivity index (χ3v) is 3.39. The molecule has 2 N–H and O–H groups in total. The normalized spacial score (nSPS) is 10.4. The number of rotatable bonds is 9. The Hall–Kier alpha value is -0.970. The number of nitrogens with zero attached hydrogens (tertiary/aromatic N) is 2. The molecule has 4 nitrogen and oxygen atoms in total. The van der Waals surface area contributed by atoms with Gasteiger partial charge in [0.25, 0.3) is 0 Å². The molecule has 0 fully saturated rings. The van der Waals surface area contributed by atoms with Crippen molar-refractivity contribution in [3.05, 3.63) is 11.9 Å². The topological polar surface area (TPSA) is 49.8 Å². The van der Waals surface area contributed by atoms with Crippen LogP contribution in [0.3, 0.4) is 0 Å². The van der Waals surface area contributed by atoms with Gasteiger partial charge in [-0.05, 0) is 38.2 Å². The molecule has 0 radical (unpaired) electrons. The van der Waals surface area contributed by atoms with E-state index in [9.17, 15) is 0 Å². The Morgan fingerprint density at radius 1 is 1.11 bits per heavy atom. The van der Waals surface area contributed by atoms with Crippen LogP contribution in [0.15, 0.2) is 6.33 Å². The van der Waals surface area contributed by atoms with Gasteiger partial charge < -0.3 is 10.6 Å². The van der Waals surface area contributed by atoms with E-state index in [0.717, 1.165) is 36.7 Å². The quantitative estimate of drug-likeness (QED) is 0.674. The zero-order valence-corrected chi connectivity index (χ0v) is 12.4. The summed E-state index contributed by atoms with van der Waals surface area (Å²) < 4.78 is 0. The van der Waals surface area contributed by atoms with Crippen molar-refractivity contribution in [2.75, 3.05) is 35.7 Å². The second kappa shape index (κ2) is 9.03. The molecule has 0 saturated heterocycles. The van der Waals surface area contributed by atoms with Crippen LogP contribution in [0.5, 0.6) is 0 Å². The van der Waals surface area contributed by atoms with Gasteiger partial charge in [0.05, 0.1) is 0 Å². The molecular weight excluding hydrogens is 244 g/mol. The zero-order valence-electron chi connectivity index (χ0n) is 11.6. The first-order valence-corrected chi connectivity index (χ1v) is 7.97. The number of anilines is 2. The van der Waals surface area contributed by atoms with Crippen LogP contribution in [0, 0.1) is 6.92 Å². The lowest BCUT2D eigenvalue weighted by Gasteiger charge is -2.12. The molecule has 1 aromatic rings. The SMILES string of the molecule is CCCNc1ncnc(NCCCCSC)c1C. The number of thioether (sulfide) groups is 1. The van der Waals surface area contributed by atoms with Gasteiger partial charge in [-0.15, -0.1) is 0 Å². The summed E-state index contributed by atoms with van der Waals surface area (Å²) in [4.78, 5) is 8.57. The van der Waals surface area contributed by atoms with Gasteiger partial charge in [-0.25, -0.2) is 9.97 Å². The van der Waals surface area contributed by atoms with E-state index in [1.54, 1.807) is 6.33 Å². The van der Waals surface area contributed by atoms with Crippen LogP contribution in [0.1, 0.15) is 31.7 Å². The maximum atomic E-state index is 4.30. The van der Waals surface area contributed by atoms with Crippen molar-refractivity contribution in [1.82, 2.24) is 9.97 Å². The van der Waals surface area contributed by atoms with Crippen molar-refractivity contribution in [2.24, 2.45) is 0 Å². The van der Waals surface area contributed by atoms with Gasteiger partial charge >= 0.3 is 0 Å². The number of unbranched alkanes of at least 4 members (excludes halogenated alkanes) is 1. The summed E-state index contributed by atoms with van der Waals surface area (Å²) in [6.07, 6.45) is 7.30. The molecule has 5 heteroatoms. The molecule has 0 unspecified atom stereocenters. The Morgan fingerprint density at radius 2 is 1.78 bits per heavy atom. The predicted octanol–water partition coefficient (Wildman–Crippen LogP) is 3.16. The van der Waals surface area contributed by atoms with Gasteiger partial charge in [-0.2, -0.15) is 11.8 Å². The molecule has 0 aliphatic rings. The van der Waals surface area contributed by atoms with Crippen LogP contribution in [0.4, 0.5) is 11.6 Å². The summed E-state index contributed by atoms with van der Waals surface area (Å²) >= 11 is 1.90. The Morgan fingerprint density at radius 3 is 2.39 bits per heavy atom. The summed E-state index contributed by atoms with van der Waals surface area (Å²) in [5, 5.41) is 6.71. The molecule has 1 rings (SSSR count). The van der Waals surface area contributed by atoms with E-state index in [2.05, 4.69) is 40.7 Å². The van der Waals surface area contributed by atoms with E-state index in [0.29, 0.717) is 0 Å². The van der Waals surface area contributed by atoms with Crippen LogP contribution in [0.2, 0.25) is 0 Å². The van der Waals surface area contributed by atoms with Gasteiger partial charge in [0, 0.05) is 18.7 Å². The largest absolute Gasteiger partial charge is 0.370 e. The fourth-order valence-electron chi connectivity index (χ4n) is 1.63. The first kappa shape index (κ1) is 15.1. The second-order valence-electron chi connectivity index (χ2n) is 4.25. The minimum absolute atomic E-state index is 0.943. The molecule has 1 aromatic heterocycles. The van der Waals surface area contributed by atoms with Crippen LogP contribution in [0.25, 0.3) is 0 Å². The monoisotopic (exact) mass is 268 g/mol. The van der Waals surface area contributed by atoms with Gasteiger partial charge in [-0.3, -0.25) is 0 Å². The van der Waals surface area contributed by atoms with Crippen LogP contribution >= 0.6 is 11.8 Å². The Kier molecular flexibility index (Phi) is 7.57. The summed E-state index contributed by atoms with van der Waals surface area (Å²) in [7, 11) is 0. The van der Waals surface area contributed by atoms with Crippen molar-refractivity contribution in [3.63, 3.8) is 0 Å². The third kappa shape index (κ3) is 5.12. The minimum atomic E-state index is 0.943. The predicted molar refractivity (Wildman–Crippen MR) is 81.7 cm³/mol. The number of hydrogen-bond acceptors (Lipinski definition) is 5. The van der Waals surface area contributed by atoms with Crippen LogP contribution in [-0.4, -0.2) is 35.1 Å². The Bertz CT molecular complexity index is 344. The maximum absolute atomic E-state index is 4.30. The molecular formula is C13H24N4S. The molecule has 0 aliphatic carbocycles. The molecule has 102 valence electrons. The zero-order chi connectivity index (χ0) is 13.2. The standard InChI is InChI=1S/C13H24N4S/c1-4-7-14-12-11(2)13(17-10-16-12)15-8-5-6-9-18-3/h10H,4-9H2,1-3H3,(H2,14,15,16,17). The highest BCUT2D eigenvalue weighted by Gasteiger charge is 2.05. The maximum Gasteiger partial charge on any atom is 0.134 e. The van der Waals surface area contributed by atoms with Crippen LogP contribution < -0.4 is 10.6 Å². The number of aromatic nitrogens is 2. The highest BCUT2D eigenvalue weighted by atomic mass is 32.2. The van der Waals surface area contributed by atoms with Crippen LogP contribution in [-0.2, 0) is 0 Å². The first-order valence-electron chi connectivity index (χ1n) is 6.57. The number of hydrogen-bond donors (Lipinski definition) is 2. The second-order valence-corrected chi connectivity index (χ2v) is 5.23. The van der Waals surface area contributed by atoms with Crippen molar-refractivity contribution in [2.45, 2.75) is 33.1 Å². The first-order chi connectivity index (χ1) is 8.79. The van der Waals surface area contributed by atoms with E-state index < -0.39 is 0 Å². The van der Waals surface area contributed by atoms with Gasteiger partial charge in [0.2, 0.25) is 0 Å². The smallest absolute Gasteiger partial charge is 0.134 e. The average molecular weight is 268 g/mol. The molecule has 0 spiro atoms. The van der Waals surface area contributed by atoms with Crippen molar-refractivity contribution < 1.29 is 0 Å². The summed E-state index contributed by atoms with van der Waals surface area (Å²) in [5.74, 6) is 3.12. The summed E-state index contributed by atoms with van der Waals surface area (Å²) in [6.45, 7) is 6.13. The van der Waals surface area contributed by atoms with E-state index >= 15 is 0 Å². The highest BCUT2D eigenvalue weighted by Crippen LogP contribution is 2.18.